The number of hydrogen-bond acceptors (Lipinski definition) is 4. The average molecular weight is 365 g/mol. The molecule has 1 heterocycles. The molecule has 0 bridgehead atoms. The molecule has 2 aromatic carbocycles. The highest BCUT2D eigenvalue weighted by molar-refractivity contribution is 6.43. The molecule has 2 N–H and O–H groups in total. The zero-order valence-electron chi connectivity index (χ0n) is 15.3. The van der Waals surface area contributed by atoms with Gasteiger partial charge in [-0.25, -0.2) is 5.43 Å². The molecule has 0 aromatic heterocycles. The summed E-state index contributed by atoms with van der Waals surface area (Å²) in [5, 5.41) is 14.5. The molecular weight excluding hydrogens is 342 g/mol. The van der Waals surface area contributed by atoms with Gasteiger partial charge >= 0.3 is 0 Å². The SMILES string of the molecule is CCc1ccc(C(O)CN(Cc2ccccc2)C(=O)C2=NNC(=O)C2)cc1. The van der Waals surface area contributed by atoms with Crippen LogP contribution in [0, 0.1) is 0 Å². The molecule has 0 saturated carbocycles. The van der Waals surface area contributed by atoms with Crippen molar-refractivity contribution in [2.24, 2.45) is 5.10 Å². The molecule has 6 heteroatoms. The highest BCUT2D eigenvalue weighted by atomic mass is 16.3. The van der Waals surface area contributed by atoms with Gasteiger partial charge in [-0.1, -0.05) is 61.5 Å². The summed E-state index contributed by atoms with van der Waals surface area (Å²) in [5.41, 5.74) is 5.36. The lowest BCUT2D eigenvalue weighted by molar-refractivity contribution is -0.126. The van der Waals surface area contributed by atoms with Crippen LogP contribution >= 0.6 is 0 Å². The third-order valence-corrected chi connectivity index (χ3v) is 4.56. The lowest BCUT2D eigenvalue weighted by Gasteiger charge is -2.25. The molecule has 1 atom stereocenters. The standard InChI is InChI=1S/C21H23N3O3/c1-2-15-8-10-17(11-9-15)19(25)14-24(13-16-6-4-3-5-7-16)21(27)18-12-20(26)23-22-18/h3-11,19,25H,2,12-14H2,1H3,(H,23,26). The summed E-state index contributed by atoms with van der Waals surface area (Å²) >= 11 is 0. The fraction of sp³-hybridized carbons (Fsp3) is 0.286. The van der Waals surface area contributed by atoms with Gasteiger partial charge in [0.05, 0.1) is 19.1 Å². The van der Waals surface area contributed by atoms with Crippen LogP contribution in [0.3, 0.4) is 0 Å². The quantitative estimate of drug-likeness (QED) is 0.789. The van der Waals surface area contributed by atoms with E-state index in [-0.39, 0.29) is 30.5 Å². The number of aliphatic hydroxyl groups is 1. The number of amides is 2. The summed E-state index contributed by atoms with van der Waals surface area (Å²) in [6.07, 6.45) is 0.0654. The van der Waals surface area contributed by atoms with Crippen LogP contribution in [0.1, 0.15) is 36.1 Å². The molecule has 1 aliphatic heterocycles. The largest absolute Gasteiger partial charge is 0.387 e. The van der Waals surface area contributed by atoms with Crippen molar-refractivity contribution in [2.45, 2.75) is 32.4 Å². The molecule has 0 radical (unpaired) electrons. The minimum absolute atomic E-state index is 0.0363. The van der Waals surface area contributed by atoms with E-state index in [1.165, 1.54) is 10.5 Å². The Hall–Kier alpha value is -2.99. The number of rotatable bonds is 7. The Labute approximate surface area is 158 Å². The monoisotopic (exact) mass is 365 g/mol. The zero-order valence-corrected chi connectivity index (χ0v) is 15.3. The molecule has 140 valence electrons. The van der Waals surface area contributed by atoms with Gasteiger partial charge in [-0.05, 0) is 23.1 Å². The van der Waals surface area contributed by atoms with Crippen molar-refractivity contribution < 1.29 is 14.7 Å². The highest BCUT2D eigenvalue weighted by Gasteiger charge is 2.28. The smallest absolute Gasteiger partial charge is 0.270 e. The van der Waals surface area contributed by atoms with Crippen LogP contribution in [0.5, 0.6) is 0 Å². The number of hydrazone groups is 1. The first-order valence-corrected chi connectivity index (χ1v) is 9.02. The maximum Gasteiger partial charge on any atom is 0.270 e. The van der Waals surface area contributed by atoms with Crippen molar-refractivity contribution in [3.8, 4) is 0 Å². The summed E-state index contributed by atoms with van der Waals surface area (Å²) in [6, 6.07) is 17.3. The van der Waals surface area contributed by atoms with E-state index < -0.39 is 6.10 Å². The lowest BCUT2D eigenvalue weighted by atomic mass is 10.0. The van der Waals surface area contributed by atoms with Crippen molar-refractivity contribution in [3.05, 3.63) is 71.3 Å². The number of benzene rings is 2. The van der Waals surface area contributed by atoms with Crippen LogP contribution in [0.4, 0.5) is 0 Å². The Morgan fingerprint density at radius 2 is 1.85 bits per heavy atom. The van der Waals surface area contributed by atoms with Crippen LogP contribution in [-0.4, -0.2) is 34.1 Å². The normalized spacial score (nSPS) is 14.4. The van der Waals surface area contributed by atoms with Gasteiger partial charge in [-0.2, -0.15) is 5.10 Å². The number of carbonyl (C=O) groups excluding carboxylic acids is 2. The van der Waals surface area contributed by atoms with E-state index in [1.807, 2.05) is 54.6 Å². The third kappa shape index (κ3) is 4.80. The van der Waals surface area contributed by atoms with E-state index in [0.717, 1.165) is 17.5 Å². The number of nitrogens with zero attached hydrogens (tertiary/aromatic N) is 2. The first-order chi connectivity index (χ1) is 13.1. The maximum atomic E-state index is 12.9. The Kier molecular flexibility index (Phi) is 5.98. The summed E-state index contributed by atoms with van der Waals surface area (Å²) in [6.45, 7) is 2.52. The fourth-order valence-corrected chi connectivity index (χ4v) is 2.98. The van der Waals surface area contributed by atoms with Crippen LogP contribution in [0.2, 0.25) is 0 Å². The number of aliphatic hydroxyl groups excluding tert-OH is 1. The molecule has 0 aliphatic carbocycles. The van der Waals surface area contributed by atoms with Gasteiger partial charge in [0.15, 0.2) is 0 Å². The van der Waals surface area contributed by atoms with E-state index in [2.05, 4.69) is 17.5 Å². The topological polar surface area (TPSA) is 82.0 Å². The predicted molar refractivity (Wildman–Crippen MR) is 103 cm³/mol. The molecule has 0 saturated heterocycles. The minimum atomic E-state index is -0.825. The van der Waals surface area contributed by atoms with Gasteiger partial charge in [0, 0.05) is 6.54 Å². The van der Waals surface area contributed by atoms with Crippen molar-refractivity contribution in [1.82, 2.24) is 10.3 Å². The van der Waals surface area contributed by atoms with Crippen LogP contribution in [-0.2, 0) is 22.6 Å². The van der Waals surface area contributed by atoms with Crippen LogP contribution in [0.25, 0.3) is 0 Å². The Morgan fingerprint density at radius 3 is 2.44 bits per heavy atom. The van der Waals surface area contributed by atoms with E-state index >= 15 is 0 Å². The molecule has 2 amide bonds. The van der Waals surface area contributed by atoms with E-state index in [4.69, 9.17) is 0 Å². The van der Waals surface area contributed by atoms with Crippen molar-refractivity contribution in [1.29, 1.82) is 0 Å². The zero-order chi connectivity index (χ0) is 19.2. The first-order valence-electron chi connectivity index (χ1n) is 9.02. The molecule has 27 heavy (non-hydrogen) atoms. The van der Waals surface area contributed by atoms with Gasteiger partial charge in [-0.15, -0.1) is 0 Å². The van der Waals surface area contributed by atoms with Gasteiger partial charge in [0.2, 0.25) is 5.91 Å². The summed E-state index contributed by atoms with van der Waals surface area (Å²) in [7, 11) is 0. The van der Waals surface area contributed by atoms with Crippen LogP contribution in [0.15, 0.2) is 59.7 Å². The van der Waals surface area contributed by atoms with Crippen LogP contribution < -0.4 is 5.43 Å². The van der Waals surface area contributed by atoms with Gasteiger partial charge in [-0.3, -0.25) is 9.59 Å². The second kappa shape index (κ2) is 8.60. The lowest BCUT2D eigenvalue weighted by Crippen LogP contribution is -2.38. The number of carbonyl (C=O) groups is 2. The molecule has 6 nitrogen and oxygen atoms in total. The number of aryl methyl sites for hydroxylation is 1. The van der Waals surface area contributed by atoms with E-state index in [1.54, 1.807) is 0 Å². The Bertz CT molecular complexity index is 832. The number of hydrogen-bond donors (Lipinski definition) is 2. The fourth-order valence-electron chi connectivity index (χ4n) is 2.98. The Balaban J connectivity index is 1.77. The highest BCUT2D eigenvalue weighted by Crippen LogP contribution is 2.18. The van der Waals surface area contributed by atoms with Crippen molar-refractivity contribution >= 4 is 17.5 Å². The minimum Gasteiger partial charge on any atom is -0.387 e. The molecule has 1 aliphatic rings. The maximum absolute atomic E-state index is 12.9. The molecule has 0 fully saturated rings. The molecule has 1 unspecified atom stereocenters. The van der Waals surface area contributed by atoms with Gasteiger partial charge in [0.25, 0.3) is 5.91 Å². The second-order valence-electron chi connectivity index (χ2n) is 6.55. The Morgan fingerprint density at radius 1 is 1.15 bits per heavy atom. The van der Waals surface area contributed by atoms with E-state index in [0.29, 0.717) is 6.54 Å². The molecule has 3 rings (SSSR count). The summed E-state index contributed by atoms with van der Waals surface area (Å²) in [5.74, 6) is -0.643. The van der Waals surface area contributed by atoms with E-state index in [9.17, 15) is 14.7 Å². The molecule has 0 spiro atoms. The van der Waals surface area contributed by atoms with Crippen molar-refractivity contribution in [2.75, 3.05) is 6.54 Å². The number of nitrogens with one attached hydrogen (secondary N) is 1. The van der Waals surface area contributed by atoms with Gasteiger partial charge < -0.3 is 10.0 Å². The van der Waals surface area contributed by atoms with Crippen molar-refractivity contribution in [3.63, 3.8) is 0 Å². The third-order valence-electron chi connectivity index (χ3n) is 4.56. The van der Waals surface area contributed by atoms with Gasteiger partial charge in [0.1, 0.15) is 5.71 Å². The summed E-state index contributed by atoms with van der Waals surface area (Å²) in [4.78, 5) is 25.8. The summed E-state index contributed by atoms with van der Waals surface area (Å²) < 4.78 is 0. The average Bonchev–Trinajstić information content (AvgIpc) is 3.14. The predicted octanol–water partition coefficient (Wildman–Crippen LogP) is 2.19. The second-order valence-corrected chi connectivity index (χ2v) is 6.55. The first kappa shape index (κ1) is 18.8. The molecular formula is C21H23N3O3. The molecule has 2 aromatic rings.